The summed E-state index contributed by atoms with van der Waals surface area (Å²) in [6, 6.07) is 8.54. The lowest BCUT2D eigenvalue weighted by atomic mass is 10.0. The first kappa shape index (κ1) is 16.2. The van der Waals surface area contributed by atoms with Crippen LogP contribution in [0.5, 0.6) is 5.75 Å². The van der Waals surface area contributed by atoms with Gasteiger partial charge in [-0.05, 0) is 52.2 Å². The zero-order valence-electron chi connectivity index (χ0n) is 14.3. The summed E-state index contributed by atoms with van der Waals surface area (Å²) in [5, 5.41) is 3.66. The van der Waals surface area contributed by atoms with Crippen LogP contribution in [0.3, 0.4) is 0 Å². The molecular weight excluding hydrogens is 304 g/mol. The molecule has 0 radical (unpaired) electrons. The molecule has 1 atom stereocenters. The van der Waals surface area contributed by atoms with Gasteiger partial charge in [0.15, 0.2) is 0 Å². The Labute approximate surface area is 142 Å². The molecule has 4 heteroatoms. The van der Waals surface area contributed by atoms with Gasteiger partial charge >= 0.3 is 0 Å². The van der Waals surface area contributed by atoms with Gasteiger partial charge in [0, 0.05) is 33.6 Å². The highest BCUT2D eigenvalue weighted by atomic mass is 32.2. The van der Waals surface area contributed by atoms with Crippen molar-refractivity contribution in [3.8, 4) is 5.75 Å². The zero-order chi connectivity index (χ0) is 16.4. The van der Waals surface area contributed by atoms with Gasteiger partial charge in [-0.1, -0.05) is 23.9 Å². The molecule has 1 aromatic heterocycles. The number of rotatable bonds is 5. The monoisotopic (exact) mass is 328 g/mol. The van der Waals surface area contributed by atoms with Crippen molar-refractivity contribution in [2.24, 2.45) is 0 Å². The molecule has 0 fully saturated rings. The summed E-state index contributed by atoms with van der Waals surface area (Å²) in [5.74, 6) is 0.974. The van der Waals surface area contributed by atoms with Crippen molar-refractivity contribution >= 4 is 17.4 Å². The molecule has 0 amide bonds. The number of hydrogen-bond acceptors (Lipinski definition) is 4. The number of nitrogens with zero attached hydrogens (tertiary/aromatic N) is 1. The number of nitrogens with one attached hydrogen (secondary N) is 1. The summed E-state index contributed by atoms with van der Waals surface area (Å²) in [4.78, 5) is 6.03. The number of aromatic nitrogens is 1. The second kappa shape index (κ2) is 6.44. The molecule has 1 aliphatic rings. The van der Waals surface area contributed by atoms with Crippen molar-refractivity contribution in [2.75, 3.05) is 12.4 Å². The molecule has 23 heavy (non-hydrogen) atoms. The average Bonchev–Trinajstić information content (AvgIpc) is 2.86. The maximum Gasteiger partial charge on any atom is 0.128 e. The van der Waals surface area contributed by atoms with Crippen LogP contribution in [0.15, 0.2) is 35.4 Å². The number of fused-ring (bicyclic) bond motifs is 1. The summed E-state index contributed by atoms with van der Waals surface area (Å²) in [5.41, 5.74) is 4.68. The van der Waals surface area contributed by atoms with E-state index < -0.39 is 0 Å². The summed E-state index contributed by atoms with van der Waals surface area (Å²) < 4.78 is 5.50. The highest BCUT2D eigenvalue weighted by Crippen LogP contribution is 2.47. The van der Waals surface area contributed by atoms with E-state index in [-0.39, 0.29) is 4.87 Å². The molecule has 1 aromatic carbocycles. The van der Waals surface area contributed by atoms with Crippen molar-refractivity contribution in [2.45, 2.75) is 49.8 Å². The lowest BCUT2D eigenvalue weighted by Gasteiger charge is -2.24. The maximum absolute atomic E-state index is 5.50. The Kier molecular flexibility index (Phi) is 4.53. The lowest BCUT2D eigenvalue weighted by molar-refractivity contribution is 0.406. The van der Waals surface area contributed by atoms with Gasteiger partial charge in [0.2, 0.25) is 0 Å². The van der Waals surface area contributed by atoms with Gasteiger partial charge in [-0.15, -0.1) is 0 Å². The first-order valence-corrected chi connectivity index (χ1v) is 8.89. The van der Waals surface area contributed by atoms with Crippen molar-refractivity contribution in [1.29, 1.82) is 0 Å². The number of thioether (sulfide) groups is 1. The number of para-hydroxylation sites is 1. The quantitative estimate of drug-likeness (QED) is 0.841. The normalized spacial score (nSPS) is 19.3. The minimum Gasteiger partial charge on any atom is -0.496 e. The Hall–Kier alpha value is -1.68. The predicted octanol–water partition coefficient (Wildman–Crippen LogP) is 4.96. The fraction of sp³-hybridized carbons (Fsp3) is 0.421. The first-order valence-electron chi connectivity index (χ1n) is 8.08. The molecule has 1 aliphatic heterocycles. The van der Waals surface area contributed by atoms with Gasteiger partial charge in [-0.3, -0.25) is 4.98 Å². The van der Waals surface area contributed by atoms with Crippen LogP contribution in [0.25, 0.3) is 0 Å². The Morgan fingerprint density at radius 1 is 1.26 bits per heavy atom. The Bertz CT molecular complexity index is 690. The SMILES string of the molecule is COc1c(C)cnc(CCCC2(C)Nc3ccccc3S2)c1C. The van der Waals surface area contributed by atoms with E-state index in [1.165, 1.54) is 16.1 Å². The second-order valence-corrected chi connectivity index (χ2v) is 7.90. The molecule has 3 rings (SSSR count). The van der Waals surface area contributed by atoms with Crippen LogP contribution in [-0.4, -0.2) is 17.0 Å². The Morgan fingerprint density at radius 3 is 2.78 bits per heavy atom. The second-order valence-electron chi connectivity index (χ2n) is 6.35. The van der Waals surface area contributed by atoms with Crippen LogP contribution in [0.4, 0.5) is 5.69 Å². The average molecular weight is 328 g/mol. The predicted molar refractivity (Wildman–Crippen MR) is 97.5 cm³/mol. The zero-order valence-corrected chi connectivity index (χ0v) is 15.1. The van der Waals surface area contributed by atoms with E-state index >= 15 is 0 Å². The van der Waals surface area contributed by atoms with Crippen molar-refractivity contribution < 1.29 is 4.74 Å². The van der Waals surface area contributed by atoms with Gasteiger partial charge in [-0.25, -0.2) is 0 Å². The third-order valence-electron chi connectivity index (χ3n) is 4.44. The Balaban J connectivity index is 1.63. The number of benzene rings is 1. The van der Waals surface area contributed by atoms with Crippen LogP contribution in [0.2, 0.25) is 0 Å². The van der Waals surface area contributed by atoms with E-state index in [4.69, 9.17) is 4.74 Å². The van der Waals surface area contributed by atoms with Crippen LogP contribution >= 0.6 is 11.8 Å². The van der Waals surface area contributed by atoms with Crippen LogP contribution < -0.4 is 10.1 Å². The number of methoxy groups -OCH3 is 1. The molecule has 2 aromatic rings. The first-order chi connectivity index (χ1) is 11.0. The standard InChI is InChI=1S/C19H24N2OS/c1-13-12-20-15(14(2)18(13)22-4)9-7-11-19(3)21-16-8-5-6-10-17(16)23-19/h5-6,8,10,12,21H,7,9,11H2,1-4H3. The van der Waals surface area contributed by atoms with E-state index in [9.17, 15) is 0 Å². The van der Waals surface area contributed by atoms with Crippen LogP contribution in [-0.2, 0) is 6.42 Å². The number of hydrogen-bond donors (Lipinski definition) is 1. The molecule has 0 saturated carbocycles. The summed E-state index contributed by atoms with van der Waals surface area (Å²) >= 11 is 1.93. The lowest BCUT2D eigenvalue weighted by Crippen LogP contribution is -2.26. The topological polar surface area (TPSA) is 34.1 Å². The van der Waals surface area contributed by atoms with Crippen LogP contribution in [0, 0.1) is 13.8 Å². The van der Waals surface area contributed by atoms with E-state index in [2.05, 4.69) is 48.4 Å². The molecule has 3 nitrogen and oxygen atoms in total. The Morgan fingerprint density at radius 2 is 2.04 bits per heavy atom. The molecule has 0 aliphatic carbocycles. The van der Waals surface area contributed by atoms with Gasteiger partial charge < -0.3 is 10.1 Å². The molecule has 0 bridgehead atoms. The van der Waals surface area contributed by atoms with Crippen molar-refractivity contribution in [1.82, 2.24) is 4.98 Å². The molecule has 0 spiro atoms. The van der Waals surface area contributed by atoms with Gasteiger partial charge in [-0.2, -0.15) is 0 Å². The smallest absolute Gasteiger partial charge is 0.128 e. The number of anilines is 1. The fourth-order valence-corrected chi connectivity index (χ4v) is 4.51. The number of aryl methyl sites for hydroxylation is 2. The van der Waals surface area contributed by atoms with E-state index in [1.807, 2.05) is 24.9 Å². The summed E-state index contributed by atoms with van der Waals surface area (Å²) in [7, 11) is 1.73. The highest BCUT2D eigenvalue weighted by molar-refractivity contribution is 8.01. The fourth-order valence-electron chi connectivity index (χ4n) is 3.24. The third kappa shape index (κ3) is 3.32. The molecule has 2 heterocycles. The molecule has 122 valence electrons. The molecule has 0 saturated heterocycles. The van der Waals surface area contributed by atoms with Gasteiger partial charge in [0.25, 0.3) is 0 Å². The number of ether oxygens (including phenoxy) is 1. The molecular formula is C19H24N2OS. The largest absolute Gasteiger partial charge is 0.496 e. The van der Waals surface area contributed by atoms with E-state index in [0.29, 0.717) is 0 Å². The van der Waals surface area contributed by atoms with Crippen LogP contribution in [0.1, 0.15) is 36.6 Å². The minimum atomic E-state index is 0.0758. The van der Waals surface area contributed by atoms with Gasteiger partial charge in [0.05, 0.1) is 12.0 Å². The van der Waals surface area contributed by atoms with Gasteiger partial charge in [0.1, 0.15) is 5.75 Å². The van der Waals surface area contributed by atoms with E-state index in [0.717, 1.165) is 36.3 Å². The number of pyridine rings is 1. The molecule has 1 unspecified atom stereocenters. The summed E-state index contributed by atoms with van der Waals surface area (Å²) in [6.07, 6.45) is 5.10. The maximum atomic E-state index is 5.50. The van der Waals surface area contributed by atoms with Crippen molar-refractivity contribution in [3.05, 3.63) is 47.3 Å². The molecule has 1 N–H and O–H groups in total. The highest BCUT2D eigenvalue weighted by Gasteiger charge is 2.32. The van der Waals surface area contributed by atoms with Crippen molar-refractivity contribution in [3.63, 3.8) is 0 Å². The third-order valence-corrected chi connectivity index (χ3v) is 5.77. The van der Waals surface area contributed by atoms with E-state index in [1.54, 1.807) is 7.11 Å². The minimum absolute atomic E-state index is 0.0758. The summed E-state index contributed by atoms with van der Waals surface area (Å²) in [6.45, 7) is 6.43.